The number of hydrogen-bond donors (Lipinski definition) is 0. The molecule has 0 unspecified atom stereocenters. The highest BCUT2D eigenvalue weighted by atomic mass is 79.9. The molecule has 0 saturated heterocycles. The third-order valence-electron chi connectivity index (χ3n) is 1.82. The molecule has 0 bridgehead atoms. The second-order valence-electron chi connectivity index (χ2n) is 2.54. The lowest BCUT2D eigenvalue weighted by atomic mass is 10.0. The molecule has 1 aromatic heterocycles. The van der Waals surface area contributed by atoms with Crippen molar-refractivity contribution in [3.63, 3.8) is 0 Å². The lowest BCUT2D eigenvalue weighted by molar-refractivity contribution is 0.682. The molecule has 0 radical (unpaired) electrons. The maximum Gasteiger partial charge on any atom is 0.159 e. The monoisotopic (exact) mass is 217 g/mol. The second kappa shape index (κ2) is 2.62. The fourth-order valence-corrected chi connectivity index (χ4v) is 2.99. The largest absolute Gasteiger partial charge is 0.234 e. The molecule has 0 atom stereocenters. The predicted molar refractivity (Wildman–Crippen MR) is 46.5 cm³/mol. The van der Waals surface area contributed by atoms with Gasteiger partial charge in [-0.3, -0.25) is 0 Å². The molecule has 3 heteroatoms. The highest BCUT2D eigenvalue weighted by Crippen LogP contribution is 2.29. The van der Waals surface area contributed by atoms with Gasteiger partial charge in [0.05, 0.1) is 5.69 Å². The van der Waals surface area contributed by atoms with Crippen LogP contribution in [-0.2, 0) is 12.8 Å². The third kappa shape index (κ3) is 1.12. The van der Waals surface area contributed by atoms with Crippen molar-refractivity contribution in [2.45, 2.75) is 25.7 Å². The van der Waals surface area contributed by atoms with E-state index in [1.807, 2.05) is 0 Å². The molecule has 0 fully saturated rings. The van der Waals surface area contributed by atoms with Gasteiger partial charge in [-0.1, -0.05) is 0 Å². The summed E-state index contributed by atoms with van der Waals surface area (Å²) in [6, 6.07) is 0. The molecule has 1 heterocycles. The van der Waals surface area contributed by atoms with E-state index in [4.69, 9.17) is 0 Å². The molecule has 0 aromatic carbocycles. The van der Waals surface area contributed by atoms with Gasteiger partial charge in [-0.2, -0.15) is 0 Å². The predicted octanol–water partition coefficient (Wildman–Crippen LogP) is 2.78. The maximum absolute atomic E-state index is 4.39. The molecule has 0 amide bonds. The summed E-state index contributed by atoms with van der Waals surface area (Å²) in [5.74, 6) is 0. The third-order valence-corrected chi connectivity index (χ3v) is 3.43. The van der Waals surface area contributed by atoms with E-state index in [1.54, 1.807) is 11.3 Å². The summed E-state index contributed by atoms with van der Waals surface area (Å²) in [4.78, 5) is 5.88. The number of aromatic nitrogens is 1. The van der Waals surface area contributed by atoms with Gasteiger partial charge in [0.1, 0.15) is 0 Å². The average Bonchev–Trinajstić information content (AvgIpc) is 2.27. The van der Waals surface area contributed by atoms with Gasteiger partial charge >= 0.3 is 0 Å². The van der Waals surface area contributed by atoms with Crippen molar-refractivity contribution < 1.29 is 0 Å². The zero-order chi connectivity index (χ0) is 6.97. The fraction of sp³-hybridized carbons (Fsp3) is 0.571. The van der Waals surface area contributed by atoms with Gasteiger partial charge in [-0.05, 0) is 41.6 Å². The van der Waals surface area contributed by atoms with E-state index in [9.17, 15) is 0 Å². The standard InChI is InChI=1S/C7H8BrNS/c8-7-9-5-3-1-2-4-6(5)10-7/h1-4H2. The molecule has 0 spiro atoms. The van der Waals surface area contributed by atoms with Crippen molar-refractivity contribution in [3.8, 4) is 0 Å². The lowest BCUT2D eigenvalue weighted by Crippen LogP contribution is -1.98. The number of fused-ring (bicyclic) bond motifs is 1. The topological polar surface area (TPSA) is 12.9 Å². The summed E-state index contributed by atoms with van der Waals surface area (Å²) in [5.41, 5.74) is 1.34. The van der Waals surface area contributed by atoms with Gasteiger partial charge in [-0.15, -0.1) is 11.3 Å². The molecule has 1 aromatic rings. The van der Waals surface area contributed by atoms with Crippen LogP contribution in [0.2, 0.25) is 0 Å². The van der Waals surface area contributed by atoms with Crippen LogP contribution in [0.3, 0.4) is 0 Å². The molecule has 1 nitrogen and oxygen atoms in total. The Morgan fingerprint density at radius 2 is 2.10 bits per heavy atom. The van der Waals surface area contributed by atoms with Crippen LogP contribution in [0.25, 0.3) is 0 Å². The van der Waals surface area contributed by atoms with Crippen molar-refractivity contribution >= 4 is 27.3 Å². The minimum Gasteiger partial charge on any atom is -0.234 e. The van der Waals surface area contributed by atoms with Crippen LogP contribution in [0, 0.1) is 0 Å². The Morgan fingerprint density at radius 3 is 2.90 bits per heavy atom. The minimum absolute atomic E-state index is 1.06. The van der Waals surface area contributed by atoms with Crippen LogP contribution in [0.4, 0.5) is 0 Å². The van der Waals surface area contributed by atoms with Crippen molar-refractivity contribution in [3.05, 3.63) is 14.5 Å². The number of rotatable bonds is 0. The quantitative estimate of drug-likeness (QED) is 0.652. The Balaban J connectivity index is 2.41. The summed E-state index contributed by atoms with van der Waals surface area (Å²) in [7, 11) is 0. The number of thiazole rings is 1. The Hall–Kier alpha value is 0.110. The average molecular weight is 218 g/mol. The zero-order valence-electron chi connectivity index (χ0n) is 5.56. The molecule has 2 rings (SSSR count). The van der Waals surface area contributed by atoms with Gasteiger partial charge in [0.25, 0.3) is 0 Å². The van der Waals surface area contributed by atoms with Gasteiger partial charge in [0, 0.05) is 4.88 Å². The first-order valence-electron chi connectivity index (χ1n) is 3.50. The van der Waals surface area contributed by atoms with Gasteiger partial charge < -0.3 is 0 Å². The molecule has 54 valence electrons. The van der Waals surface area contributed by atoms with E-state index in [2.05, 4.69) is 20.9 Å². The number of aryl methyl sites for hydroxylation is 2. The van der Waals surface area contributed by atoms with Crippen LogP contribution in [-0.4, -0.2) is 4.98 Å². The van der Waals surface area contributed by atoms with E-state index >= 15 is 0 Å². The van der Waals surface area contributed by atoms with Crippen molar-refractivity contribution in [2.75, 3.05) is 0 Å². The first kappa shape index (κ1) is 6.80. The van der Waals surface area contributed by atoms with Gasteiger partial charge in [0.15, 0.2) is 3.92 Å². The minimum atomic E-state index is 1.06. The summed E-state index contributed by atoms with van der Waals surface area (Å²) >= 11 is 5.20. The number of hydrogen-bond acceptors (Lipinski definition) is 2. The summed E-state index contributed by atoms with van der Waals surface area (Å²) in [6.07, 6.45) is 5.11. The molecular formula is C7H8BrNS. The summed E-state index contributed by atoms with van der Waals surface area (Å²) in [6.45, 7) is 0. The zero-order valence-corrected chi connectivity index (χ0v) is 7.96. The van der Waals surface area contributed by atoms with Crippen LogP contribution in [0.5, 0.6) is 0 Å². The Labute approximate surface area is 72.6 Å². The van der Waals surface area contributed by atoms with Crippen LogP contribution < -0.4 is 0 Å². The Bertz CT molecular complexity index is 220. The van der Waals surface area contributed by atoms with E-state index in [-0.39, 0.29) is 0 Å². The Morgan fingerprint density at radius 1 is 1.30 bits per heavy atom. The van der Waals surface area contributed by atoms with Crippen molar-refractivity contribution in [2.24, 2.45) is 0 Å². The number of nitrogens with zero attached hydrogens (tertiary/aromatic N) is 1. The Kier molecular flexibility index (Phi) is 1.78. The van der Waals surface area contributed by atoms with E-state index in [1.165, 1.54) is 36.3 Å². The van der Waals surface area contributed by atoms with Crippen LogP contribution >= 0.6 is 27.3 Å². The second-order valence-corrected chi connectivity index (χ2v) is 4.90. The smallest absolute Gasteiger partial charge is 0.159 e. The van der Waals surface area contributed by atoms with E-state index < -0.39 is 0 Å². The van der Waals surface area contributed by atoms with E-state index in [0.717, 1.165) is 3.92 Å². The fourth-order valence-electron chi connectivity index (χ4n) is 1.32. The van der Waals surface area contributed by atoms with Gasteiger partial charge in [0.2, 0.25) is 0 Å². The highest BCUT2D eigenvalue weighted by Gasteiger charge is 2.13. The lowest BCUT2D eigenvalue weighted by Gasteiger charge is -2.06. The first-order chi connectivity index (χ1) is 4.86. The molecule has 0 aliphatic heterocycles. The maximum atomic E-state index is 4.39. The van der Waals surface area contributed by atoms with Crippen LogP contribution in [0.15, 0.2) is 3.92 Å². The SMILES string of the molecule is Brc1nc2c(s1)CCCC2. The van der Waals surface area contributed by atoms with E-state index in [0.29, 0.717) is 0 Å². The number of halogens is 1. The molecule has 1 aliphatic rings. The van der Waals surface area contributed by atoms with Crippen molar-refractivity contribution in [1.82, 2.24) is 4.98 Å². The molecule has 0 saturated carbocycles. The highest BCUT2D eigenvalue weighted by molar-refractivity contribution is 9.11. The molecular weight excluding hydrogens is 210 g/mol. The molecule has 1 aliphatic carbocycles. The van der Waals surface area contributed by atoms with Gasteiger partial charge in [-0.25, -0.2) is 4.98 Å². The normalized spacial score (nSPS) is 16.9. The molecule has 10 heavy (non-hydrogen) atoms. The molecule has 0 N–H and O–H groups in total. The summed E-state index contributed by atoms with van der Waals surface area (Å²) < 4.78 is 1.06. The van der Waals surface area contributed by atoms with Crippen molar-refractivity contribution in [1.29, 1.82) is 0 Å². The first-order valence-corrected chi connectivity index (χ1v) is 5.11. The van der Waals surface area contributed by atoms with Crippen LogP contribution in [0.1, 0.15) is 23.4 Å². The summed E-state index contributed by atoms with van der Waals surface area (Å²) in [5, 5.41) is 0.